The first kappa shape index (κ1) is 12.2. The highest BCUT2D eigenvalue weighted by Gasteiger charge is 2.13. The van der Waals surface area contributed by atoms with Crippen molar-refractivity contribution in [3.05, 3.63) is 76.7 Å². The van der Waals surface area contributed by atoms with Crippen molar-refractivity contribution in [2.45, 2.75) is 12.8 Å². The molecule has 0 saturated heterocycles. The summed E-state index contributed by atoms with van der Waals surface area (Å²) in [6.07, 6.45) is 9.58. The maximum absolute atomic E-state index is 12.9. The predicted octanol–water partition coefficient (Wildman–Crippen LogP) is 4.68. The molecule has 4 rings (SSSR count). The van der Waals surface area contributed by atoms with Gasteiger partial charge in [0.1, 0.15) is 11.8 Å². The second kappa shape index (κ2) is 4.74. The van der Waals surface area contributed by atoms with E-state index in [1.54, 1.807) is 6.26 Å². The number of fused-ring (bicyclic) bond motifs is 3. The van der Waals surface area contributed by atoms with Crippen LogP contribution in [0, 0.1) is 0 Å². The average molecular weight is 274 g/mol. The van der Waals surface area contributed by atoms with E-state index in [2.05, 4.69) is 6.08 Å². The molecule has 0 amide bonds. The molecule has 0 bridgehead atoms. The van der Waals surface area contributed by atoms with E-state index < -0.39 is 0 Å². The van der Waals surface area contributed by atoms with Gasteiger partial charge in [0.05, 0.1) is 10.9 Å². The number of hydrogen-bond donors (Lipinski definition) is 0. The van der Waals surface area contributed by atoms with Crippen molar-refractivity contribution in [3.63, 3.8) is 0 Å². The molecule has 0 saturated carbocycles. The molecule has 0 aliphatic heterocycles. The van der Waals surface area contributed by atoms with Crippen molar-refractivity contribution in [1.82, 2.24) is 0 Å². The third kappa shape index (κ3) is 1.91. The van der Waals surface area contributed by atoms with E-state index in [-0.39, 0.29) is 5.43 Å². The quantitative estimate of drug-likeness (QED) is 0.603. The molecule has 2 aromatic carbocycles. The fraction of sp³-hybridized carbons (Fsp3) is 0.105. The summed E-state index contributed by atoms with van der Waals surface area (Å²) >= 11 is 0. The normalized spacial score (nSPS) is 14.6. The van der Waals surface area contributed by atoms with Crippen LogP contribution in [0.1, 0.15) is 18.4 Å². The fourth-order valence-electron chi connectivity index (χ4n) is 2.94. The lowest BCUT2D eigenvalue weighted by Crippen LogP contribution is -2.09. The fourth-order valence-corrected chi connectivity index (χ4v) is 2.94. The summed E-state index contributed by atoms with van der Waals surface area (Å²) in [5.41, 5.74) is 2.45. The summed E-state index contributed by atoms with van der Waals surface area (Å²) in [4.78, 5) is 12.9. The van der Waals surface area contributed by atoms with E-state index >= 15 is 0 Å². The van der Waals surface area contributed by atoms with Gasteiger partial charge in [0.15, 0.2) is 0 Å². The summed E-state index contributed by atoms with van der Waals surface area (Å²) in [6, 6.07) is 11.8. The van der Waals surface area contributed by atoms with Crippen LogP contribution in [0.4, 0.5) is 0 Å². The van der Waals surface area contributed by atoms with Crippen molar-refractivity contribution < 1.29 is 4.42 Å². The van der Waals surface area contributed by atoms with Gasteiger partial charge in [-0.1, -0.05) is 48.6 Å². The third-order valence-electron chi connectivity index (χ3n) is 4.03. The minimum atomic E-state index is 0.0644. The van der Waals surface area contributed by atoms with Crippen LogP contribution < -0.4 is 5.43 Å². The van der Waals surface area contributed by atoms with E-state index in [0.29, 0.717) is 16.5 Å². The van der Waals surface area contributed by atoms with Crippen LogP contribution >= 0.6 is 0 Å². The van der Waals surface area contributed by atoms with Crippen molar-refractivity contribution in [1.29, 1.82) is 0 Å². The Morgan fingerprint density at radius 1 is 1.05 bits per heavy atom. The molecule has 0 unspecified atom stereocenters. The van der Waals surface area contributed by atoms with Crippen molar-refractivity contribution in [2.24, 2.45) is 0 Å². The maximum atomic E-state index is 12.9. The minimum absolute atomic E-state index is 0.0644. The van der Waals surface area contributed by atoms with E-state index in [1.165, 1.54) is 0 Å². The standard InChI is InChI=1S/C19H14O2/c20-19-16(13-6-2-1-3-7-13)12-21-17-11-10-14-8-4-5-9-15(14)18(17)19/h1-2,4-6,8-12H,3,7H2. The van der Waals surface area contributed by atoms with Gasteiger partial charge in [-0.3, -0.25) is 4.79 Å². The SMILES string of the molecule is O=c1c(C2=CC=CCC2)coc2ccc3ccccc3c12. The van der Waals surface area contributed by atoms with Gasteiger partial charge in [0, 0.05) is 0 Å². The van der Waals surface area contributed by atoms with Gasteiger partial charge in [-0.2, -0.15) is 0 Å². The van der Waals surface area contributed by atoms with Crippen LogP contribution in [-0.4, -0.2) is 0 Å². The third-order valence-corrected chi connectivity index (χ3v) is 4.03. The lowest BCUT2D eigenvalue weighted by Gasteiger charge is -2.09. The summed E-state index contributed by atoms with van der Waals surface area (Å²) in [6.45, 7) is 0. The molecule has 2 heteroatoms. The Kier molecular flexibility index (Phi) is 2.74. The first-order valence-electron chi connectivity index (χ1n) is 7.14. The van der Waals surface area contributed by atoms with Gasteiger partial charge >= 0.3 is 0 Å². The van der Waals surface area contributed by atoms with E-state index in [1.807, 2.05) is 48.6 Å². The first-order valence-corrected chi connectivity index (χ1v) is 7.14. The molecule has 1 heterocycles. The summed E-state index contributed by atoms with van der Waals surface area (Å²) in [7, 11) is 0. The Bertz CT molecular complexity index is 958. The Balaban J connectivity index is 2.10. The summed E-state index contributed by atoms with van der Waals surface area (Å²) < 4.78 is 5.72. The smallest absolute Gasteiger partial charge is 0.200 e. The number of allylic oxidation sites excluding steroid dienone is 4. The largest absolute Gasteiger partial charge is 0.463 e. The molecule has 0 fully saturated rings. The van der Waals surface area contributed by atoms with Crippen LogP contribution in [0.3, 0.4) is 0 Å². The Morgan fingerprint density at radius 3 is 2.81 bits per heavy atom. The molecular weight excluding hydrogens is 260 g/mol. The summed E-state index contributed by atoms with van der Waals surface area (Å²) in [5.74, 6) is 0. The van der Waals surface area contributed by atoms with Crippen LogP contribution in [0.15, 0.2) is 70.1 Å². The highest BCUT2D eigenvalue weighted by Crippen LogP contribution is 2.27. The Hall–Kier alpha value is -2.61. The summed E-state index contributed by atoms with van der Waals surface area (Å²) in [5, 5.41) is 2.70. The molecule has 2 nitrogen and oxygen atoms in total. The zero-order chi connectivity index (χ0) is 14.2. The van der Waals surface area contributed by atoms with Crippen molar-refractivity contribution >= 4 is 27.3 Å². The minimum Gasteiger partial charge on any atom is -0.463 e. The van der Waals surface area contributed by atoms with Gasteiger partial charge in [0.2, 0.25) is 5.43 Å². The molecular formula is C19H14O2. The van der Waals surface area contributed by atoms with Gasteiger partial charge in [-0.25, -0.2) is 0 Å². The molecule has 21 heavy (non-hydrogen) atoms. The van der Waals surface area contributed by atoms with E-state index in [0.717, 1.165) is 29.2 Å². The predicted molar refractivity (Wildman–Crippen MR) is 86.3 cm³/mol. The Labute approximate surface area is 122 Å². The molecule has 0 spiro atoms. The van der Waals surface area contributed by atoms with Gasteiger partial charge in [-0.15, -0.1) is 0 Å². The zero-order valence-electron chi connectivity index (χ0n) is 11.5. The molecule has 3 aromatic rings. The van der Waals surface area contributed by atoms with Crippen molar-refractivity contribution in [3.8, 4) is 0 Å². The molecule has 1 aromatic heterocycles. The van der Waals surface area contributed by atoms with Gasteiger partial charge in [0.25, 0.3) is 0 Å². The second-order valence-electron chi connectivity index (χ2n) is 5.30. The number of benzene rings is 2. The van der Waals surface area contributed by atoms with Crippen LogP contribution in [0.25, 0.3) is 27.3 Å². The molecule has 1 aliphatic rings. The number of hydrogen-bond acceptors (Lipinski definition) is 2. The lowest BCUT2D eigenvalue weighted by molar-refractivity contribution is 0.600. The van der Waals surface area contributed by atoms with Crippen LogP contribution in [0.5, 0.6) is 0 Å². The monoisotopic (exact) mass is 274 g/mol. The second-order valence-corrected chi connectivity index (χ2v) is 5.30. The average Bonchev–Trinajstić information content (AvgIpc) is 2.55. The molecule has 102 valence electrons. The maximum Gasteiger partial charge on any atom is 0.200 e. The van der Waals surface area contributed by atoms with Gasteiger partial charge in [-0.05, 0) is 35.3 Å². The van der Waals surface area contributed by atoms with Gasteiger partial charge < -0.3 is 4.42 Å². The van der Waals surface area contributed by atoms with E-state index in [9.17, 15) is 4.79 Å². The van der Waals surface area contributed by atoms with Crippen LogP contribution in [-0.2, 0) is 0 Å². The molecule has 1 aliphatic carbocycles. The topological polar surface area (TPSA) is 30.2 Å². The molecule has 0 N–H and O–H groups in total. The number of rotatable bonds is 1. The highest BCUT2D eigenvalue weighted by molar-refractivity contribution is 6.05. The Morgan fingerprint density at radius 2 is 1.95 bits per heavy atom. The molecule has 0 atom stereocenters. The van der Waals surface area contributed by atoms with Crippen LogP contribution in [0.2, 0.25) is 0 Å². The highest BCUT2D eigenvalue weighted by atomic mass is 16.3. The lowest BCUT2D eigenvalue weighted by atomic mass is 9.96. The van der Waals surface area contributed by atoms with E-state index in [4.69, 9.17) is 4.42 Å². The van der Waals surface area contributed by atoms with Crippen molar-refractivity contribution in [2.75, 3.05) is 0 Å². The molecule has 0 radical (unpaired) electrons. The zero-order valence-corrected chi connectivity index (χ0v) is 11.5. The first-order chi connectivity index (χ1) is 10.3.